The highest BCUT2D eigenvalue weighted by Crippen LogP contribution is 2.39. The van der Waals surface area contributed by atoms with Gasteiger partial charge in [0.05, 0.1) is 0 Å². The highest BCUT2D eigenvalue weighted by Gasteiger charge is 2.32. The fourth-order valence-electron chi connectivity index (χ4n) is 2.90. The predicted octanol–water partition coefficient (Wildman–Crippen LogP) is 3.02. The number of nitrogens with two attached hydrogens (primary N) is 1. The smallest absolute Gasteiger partial charge is 0.0474 e. The van der Waals surface area contributed by atoms with Gasteiger partial charge in [-0.3, -0.25) is 4.99 Å². The van der Waals surface area contributed by atoms with Crippen molar-refractivity contribution in [3.05, 3.63) is 53.7 Å². The van der Waals surface area contributed by atoms with Gasteiger partial charge in [-0.25, -0.2) is 0 Å². The zero-order valence-electron chi connectivity index (χ0n) is 10.6. The zero-order chi connectivity index (χ0) is 12.5. The van der Waals surface area contributed by atoms with Crippen LogP contribution in [0.25, 0.3) is 5.57 Å². The lowest BCUT2D eigenvalue weighted by Crippen LogP contribution is -2.32. The van der Waals surface area contributed by atoms with Gasteiger partial charge >= 0.3 is 0 Å². The molecule has 0 aromatic heterocycles. The van der Waals surface area contributed by atoms with Crippen molar-refractivity contribution in [2.45, 2.75) is 19.4 Å². The molecule has 3 rings (SSSR count). The van der Waals surface area contributed by atoms with Crippen molar-refractivity contribution < 1.29 is 0 Å². The number of hydrogen-bond acceptors (Lipinski definition) is 2. The van der Waals surface area contributed by atoms with E-state index >= 15 is 0 Å². The van der Waals surface area contributed by atoms with Crippen molar-refractivity contribution in [3.63, 3.8) is 0 Å². The molecule has 0 radical (unpaired) electrons. The summed E-state index contributed by atoms with van der Waals surface area (Å²) in [5.74, 6) is 0.756. The maximum atomic E-state index is 6.15. The van der Waals surface area contributed by atoms with Crippen molar-refractivity contribution >= 4 is 11.8 Å². The van der Waals surface area contributed by atoms with E-state index in [1.54, 1.807) is 0 Å². The fourth-order valence-corrected chi connectivity index (χ4v) is 2.90. The molecule has 0 amide bonds. The van der Waals surface area contributed by atoms with Gasteiger partial charge in [0, 0.05) is 29.8 Å². The lowest BCUT2D eigenvalue weighted by molar-refractivity contribution is 0.444. The molecule has 0 saturated carbocycles. The monoisotopic (exact) mass is 238 g/mol. The Hall–Kier alpha value is -1.83. The van der Waals surface area contributed by atoms with Gasteiger partial charge in [-0.1, -0.05) is 36.4 Å². The first-order chi connectivity index (χ1) is 8.75. The lowest BCUT2D eigenvalue weighted by Gasteiger charge is -2.34. The van der Waals surface area contributed by atoms with Crippen LogP contribution in [0.4, 0.5) is 0 Å². The maximum absolute atomic E-state index is 6.15. The van der Waals surface area contributed by atoms with Crippen LogP contribution in [0, 0.1) is 11.8 Å². The molecule has 1 aliphatic heterocycles. The first-order valence-corrected chi connectivity index (χ1v) is 6.51. The minimum atomic E-state index is 0.341. The number of fused-ring (bicyclic) bond motifs is 1. The van der Waals surface area contributed by atoms with E-state index in [-0.39, 0.29) is 0 Å². The Bertz CT molecular complexity index is 525. The Morgan fingerprint density at radius 3 is 2.72 bits per heavy atom. The molecule has 0 saturated heterocycles. The molecule has 3 unspecified atom stereocenters. The molecule has 2 aliphatic rings. The zero-order valence-corrected chi connectivity index (χ0v) is 10.6. The molecule has 0 spiro atoms. The second-order valence-corrected chi connectivity index (χ2v) is 5.17. The molecule has 2 heteroatoms. The number of aliphatic imine (C=N–C) groups is 1. The van der Waals surface area contributed by atoms with E-state index in [0.29, 0.717) is 17.9 Å². The first-order valence-electron chi connectivity index (χ1n) is 6.51. The van der Waals surface area contributed by atoms with Gasteiger partial charge in [0.1, 0.15) is 0 Å². The Labute approximate surface area is 108 Å². The van der Waals surface area contributed by atoms with E-state index in [2.05, 4.69) is 54.5 Å². The molecule has 1 aromatic rings. The van der Waals surface area contributed by atoms with Crippen LogP contribution in [-0.4, -0.2) is 12.3 Å². The number of rotatable bonds is 1. The SMILES string of the molecule is CC1CC2C(N)=CC=C(c3ccccc3)C2C=N1. The summed E-state index contributed by atoms with van der Waals surface area (Å²) in [4.78, 5) is 4.58. The molecule has 92 valence electrons. The van der Waals surface area contributed by atoms with Gasteiger partial charge in [-0.05, 0) is 30.6 Å². The number of nitrogens with zero attached hydrogens (tertiary/aromatic N) is 1. The standard InChI is InChI=1S/C16H18N2/c1-11-9-14-15(10-18-11)13(7-8-16(14)17)12-5-3-2-4-6-12/h2-8,10-11,14-15H,9,17H2,1H3. The molecule has 1 aliphatic carbocycles. The van der Waals surface area contributed by atoms with E-state index in [1.807, 2.05) is 6.07 Å². The third-order valence-corrected chi connectivity index (χ3v) is 3.88. The summed E-state index contributed by atoms with van der Waals surface area (Å²) in [5, 5.41) is 0. The van der Waals surface area contributed by atoms with Gasteiger partial charge in [0.2, 0.25) is 0 Å². The van der Waals surface area contributed by atoms with E-state index in [1.165, 1.54) is 11.1 Å². The summed E-state index contributed by atoms with van der Waals surface area (Å²) in [6.07, 6.45) is 7.36. The Kier molecular flexibility index (Phi) is 2.78. The Morgan fingerprint density at radius 1 is 1.17 bits per heavy atom. The number of allylic oxidation sites excluding steroid dienone is 4. The quantitative estimate of drug-likeness (QED) is 0.802. The van der Waals surface area contributed by atoms with Crippen molar-refractivity contribution in [3.8, 4) is 0 Å². The average molecular weight is 238 g/mol. The van der Waals surface area contributed by atoms with Crippen molar-refractivity contribution in [2.24, 2.45) is 22.6 Å². The normalized spacial score (nSPS) is 30.4. The van der Waals surface area contributed by atoms with Crippen LogP contribution in [0.1, 0.15) is 18.9 Å². The van der Waals surface area contributed by atoms with Crippen LogP contribution in [0.2, 0.25) is 0 Å². The summed E-state index contributed by atoms with van der Waals surface area (Å²) < 4.78 is 0. The molecule has 2 nitrogen and oxygen atoms in total. The van der Waals surface area contributed by atoms with Crippen molar-refractivity contribution in [1.82, 2.24) is 0 Å². The van der Waals surface area contributed by atoms with Gasteiger partial charge in [0.25, 0.3) is 0 Å². The van der Waals surface area contributed by atoms with Gasteiger partial charge in [-0.15, -0.1) is 0 Å². The van der Waals surface area contributed by atoms with Crippen LogP contribution < -0.4 is 5.73 Å². The van der Waals surface area contributed by atoms with Gasteiger partial charge in [0.15, 0.2) is 0 Å². The highest BCUT2D eigenvalue weighted by molar-refractivity contribution is 5.86. The molecule has 1 aromatic carbocycles. The Balaban J connectivity index is 2.03. The molecule has 1 heterocycles. The molecule has 18 heavy (non-hydrogen) atoms. The fraction of sp³-hybridized carbons (Fsp3) is 0.312. The number of benzene rings is 1. The van der Waals surface area contributed by atoms with E-state index in [9.17, 15) is 0 Å². The summed E-state index contributed by atoms with van der Waals surface area (Å²) in [6.45, 7) is 2.15. The van der Waals surface area contributed by atoms with E-state index < -0.39 is 0 Å². The molecule has 2 N–H and O–H groups in total. The van der Waals surface area contributed by atoms with Crippen LogP contribution >= 0.6 is 0 Å². The largest absolute Gasteiger partial charge is 0.402 e. The van der Waals surface area contributed by atoms with Gasteiger partial charge in [-0.2, -0.15) is 0 Å². The lowest BCUT2D eigenvalue weighted by atomic mass is 9.74. The molecular formula is C16H18N2. The molecule has 0 bridgehead atoms. The third kappa shape index (κ3) is 1.88. The Morgan fingerprint density at radius 2 is 1.94 bits per heavy atom. The summed E-state index contributed by atoms with van der Waals surface area (Å²) in [6, 6.07) is 10.9. The van der Waals surface area contributed by atoms with Crippen LogP contribution in [0.15, 0.2) is 53.2 Å². The second-order valence-electron chi connectivity index (χ2n) is 5.17. The molecule has 3 atom stereocenters. The summed E-state index contributed by atoms with van der Waals surface area (Å²) >= 11 is 0. The predicted molar refractivity (Wildman–Crippen MR) is 76.2 cm³/mol. The minimum Gasteiger partial charge on any atom is -0.402 e. The summed E-state index contributed by atoms with van der Waals surface area (Å²) in [7, 11) is 0. The van der Waals surface area contributed by atoms with Crippen molar-refractivity contribution in [2.75, 3.05) is 0 Å². The van der Waals surface area contributed by atoms with Crippen LogP contribution in [0.3, 0.4) is 0 Å². The third-order valence-electron chi connectivity index (χ3n) is 3.88. The molecule has 0 fully saturated rings. The van der Waals surface area contributed by atoms with Crippen molar-refractivity contribution in [1.29, 1.82) is 0 Å². The minimum absolute atomic E-state index is 0.341. The van der Waals surface area contributed by atoms with E-state index in [4.69, 9.17) is 5.73 Å². The maximum Gasteiger partial charge on any atom is 0.0474 e. The average Bonchev–Trinajstić information content (AvgIpc) is 2.41. The second kappa shape index (κ2) is 4.45. The van der Waals surface area contributed by atoms with E-state index in [0.717, 1.165) is 12.1 Å². The molecular weight excluding hydrogens is 220 g/mol. The number of hydrogen-bond donors (Lipinski definition) is 1. The highest BCUT2D eigenvalue weighted by atomic mass is 14.8. The topological polar surface area (TPSA) is 38.4 Å². The van der Waals surface area contributed by atoms with Gasteiger partial charge < -0.3 is 5.73 Å². The first kappa shape index (κ1) is 11.3. The van der Waals surface area contributed by atoms with Crippen LogP contribution in [0.5, 0.6) is 0 Å². The van der Waals surface area contributed by atoms with Crippen LogP contribution in [-0.2, 0) is 0 Å². The summed E-state index contributed by atoms with van der Waals surface area (Å²) in [5.41, 5.74) is 9.76.